The number of aromatic nitrogens is 2. The maximum absolute atomic E-state index is 12.0. The summed E-state index contributed by atoms with van der Waals surface area (Å²) in [4.78, 5) is 37.6. The maximum Gasteiger partial charge on any atom is 0.328 e. The zero-order chi connectivity index (χ0) is 18.4. The number of benzene rings is 1. The number of nitrogens with one attached hydrogen (secondary N) is 2. The summed E-state index contributed by atoms with van der Waals surface area (Å²) in [5.74, 6) is 0.495. The highest BCUT2D eigenvalue weighted by Gasteiger charge is 2.06. The summed E-state index contributed by atoms with van der Waals surface area (Å²) < 4.78 is 6.83. The molecule has 2 aromatic heterocycles. The van der Waals surface area contributed by atoms with Gasteiger partial charge in [-0.15, -0.1) is 11.3 Å². The molecular formula is C18H17N3O4S. The molecule has 0 saturated carbocycles. The summed E-state index contributed by atoms with van der Waals surface area (Å²) in [6.07, 6.45) is 1.30. The molecule has 134 valence electrons. The molecule has 0 aliphatic carbocycles. The quantitative estimate of drug-likeness (QED) is 0.658. The molecule has 3 rings (SSSR count). The zero-order valence-corrected chi connectivity index (χ0v) is 14.6. The molecule has 0 unspecified atom stereocenters. The van der Waals surface area contributed by atoms with E-state index in [4.69, 9.17) is 4.74 Å². The van der Waals surface area contributed by atoms with Crippen LogP contribution >= 0.6 is 11.3 Å². The maximum atomic E-state index is 12.0. The number of rotatable bonds is 7. The normalized spacial score (nSPS) is 10.5. The smallest absolute Gasteiger partial charge is 0.328 e. The molecule has 0 fully saturated rings. The third kappa shape index (κ3) is 4.93. The van der Waals surface area contributed by atoms with Gasteiger partial charge in [0.05, 0.1) is 6.54 Å². The Bertz CT molecular complexity index is 991. The van der Waals surface area contributed by atoms with Gasteiger partial charge in [0.15, 0.2) is 0 Å². The van der Waals surface area contributed by atoms with E-state index < -0.39 is 11.2 Å². The van der Waals surface area contributed by atoms with Gasteiger partial charge in [0.2, 0.25) is 5.91 Å². The summed E-state index contributed by atoms with van der Waals surface area (Å²) >= 11 is 1.53. The minimum atomic E-state index is -0.607. The third-order valence-corrected chi connectivity index (χ3v) is 4.51. The van der Waals surface area contributed by atoms with Crippen molar-refractivity contribution in [2.24, 2.45) is 0 Å². The molecule has 2 heterocycles. The van der Waals surface area contributed by atoms with Crippen molar-refractivity contribution in [1.29, 1.82) is 0 Å². The monoisotopic (exact) mass is 371 g/mol. The summed E-state index contributed by atoms with van der Waals surface area (Å²) in [5.41, 5.74) is -0.0698. The van der Waals surface area contributed by atoms with Crippen molar-refractivity contribution in [3.8, 4) is 5.75 Å². The molecule has 3 aromatic rings. The first-order valence-corrected chi connectivity index (χ1v) is 8.79. The van der Waals surface area contributed by atoms with Gasteiger partial charge in [0.1, 0.15) is 18.9 Å². The average Bonchev–Trinajstić information content (AvgIpc) is 3.09. The molecular weight excluding hydrogens is 354 g/mol. The first kappa shape index (κ1) is 17.7. The number of para-hydroxylation sites is 1. The van der Waals surface area contributed by atoms with Gasteiger partial charge >= 0.3 is 5.69 Å². The Labute approximate surface area is 152 Å². The van der Waals surface area contributed by atoms with Crippen molar-refractivity contribution in [2.75, 3.05) is 0 Å². The van der Waals surface area contributed by atoms with Gasteiger partial charge in [-0.2, -0.15) is 0 Å². The number of amides is 1. The Morgan fingerprint density at radius 2 is 2.00 bits per heavy atom. The molecule has 26 heavy (non-hydrogen) atoms. The van der Waals surface area contributed by atoms with Gasteiger partial charge in [-0.1, -0.05) is 18.2 Å². The van der Waals surface area contributed by atoms with Crippen molar-refractivity contribution in [3.63, 3.8) is 0 Å². The number of nitrogens with zero attached hydrogens (tertiary/aromatic N) is 1. The highest BCUT2D eigenvalue weighted by molar-refractivity contribution is 7.10. The van der Waals surface area contributed by atoms with Crippen LogP contribution in [0.2, 0.25) is 0 Å². The molecule has 0 atom stereocenters. The fourth-order valence-corrected chi connectivity index (χ4v) is 3.06. The summed E-state index contributed by atoms with van der Waals surface area (Å²) in [6.45, 7) is 0.680. The highest BCUT2D eigenvalue weighted by Crippen LogP contribution is 2.17. The van der Waals surface area contributed by atoms with Gasteiger partial charge in [-0.25, -0.2) is 4.79 Å². The molecule has 0 spiro atoms. The second-order valence-electron chi connectivity index (χ2n) is 5.54. The number of hydrogen-bond acceptors (Lipinski definition) is 5. The minimum Gasteiger partial charge on any atom is -0.489 e. The van der Waals surface area contributed by atoms with E-state index in [1.807, 2.05) is 41.8 Å². The number of ether oxygens (including phenoxy) is 1. The number of thiophene rings is 1. The van der Waals surface area contributed by atoms with E-state index in [1.54, 1.807) is 0 Å². The summed E-state index contributed by atoms with van der Waals surface area (Å²) in [6, 6.07) is 12.7. The Morgan fingerprint density at radius 3 is 2.77 bits per heavy atom. The SMILES string of the molecule is O=C(Cn1ccc(=O)[nH]c1=O)NCc1cc(COc2ccccc2)cs1. The van der Waals surface area contributed by atoms with Gasteiger partial charge in [0, 0.05) is 22.7 Å². The topological polar surface area (TPSA) is 93.2 Å². The largest absolute Gasteiger partial charge is 0.489 e. The summed E-state index contributed by atoms with van der Waals surface area (Å²) in [5, 5.41) is 4.74. The third-order valence-electron chi connectivity index (χ3n) is 3.53. The van der Waals surface area contributed by atoms with E-state index in [-0.39, 0.29) is 12.5 Å². The van der Waals surface area contributed by atoms with E-state index in [9.17, 15) is 14.4 Å². The van der Waals surface area contributed by atoms with Crippen LogP contribution in [-0.2, 0) is 24.5 Å². The predicted molar refractivity (Wildman–Crippen MR) is 98.3 cm³/mol. The molecule has 8 heteroatoms. The van der Waals surface area contributed by atoms with E-state index in [1.165, 1.54) is 23.6 Å². The van der Waals surface area contributed by atoms with Crippen LogP contribution in [0.25, 0.3) is 0 Å². The number of hydrogen-bond donors (Lipinski definition) is 2. The van der Waals surface area contributed by atoms with Crippen LogP contribution < -0.4 is 21.3 Å². The van der Waals surface area contributed by atoms with E-state index in [2.05, 4.69) is 10.3 Å². The molecule has 0 bridgehead atoms. The fourth-order valence-electron chi connectivity index (χ4n) is 2.24. The van der Waals surface area contributed by atoms with E-state index >= 15 is 0 Å². The number of carbonyl (C=O) groups excluding carboxylic acids is 1. The van der Waals surface area contributed by atoms with Crippen molar-refractivity contribution in [3.05, 3.63) is 85.3 Å². The lowest BCUT2D eigenvalue weighted by atomic mass is 10.3. The van der Waals surface area contributed by atoms with Crippen LogP contribution in [0, 0.1) is 0 Å². The number of carbonyl (C=O) groups is 1. The highest BCUT2D eigenvalue weighted by atomic mass is 32.1. The van der Waals surface area contributed by atoms with E-state index in [0.717, 1.165) is 20.8 Å². The van der Waals surface area contributed by atoms with Crippen LogP contribution in [0.4, 0.5) is 0 Å². The Kier molecular flexibility index (Phi) is 5.65. The first-order valence-electron chi connectivity index (χ1n) is 7.91. The van der Waals surface area contributed by atoms with Crippen LogP contribution in [0.15, 0.2) is 63.6 Å². The predicted octanol–water partition coefficient (Wildman–Crippen LogP) is 1.49. The average molecular weight is 371 g/mol. The van der Waals surface area contributed by atoms with Gasteiger partial charge in [0.25, 0.3) is 5.56 Å². The molecule has 0 aliphatic rings. The molecule has 0 radical (unpaired) electrons. The lowest BCUT2D eigenvalue weighted by molar-refractivity contribution is -0.121. The van der Waals surface area contributed by atoms with Crippen LogP contribution in [0.1, 0.15) is 10.4 Å². The second kappa shape index (κ2) is 8.30. The van der Waals surface area contributed by atoms with Crippen molar-refractivity contribution >= 4 is 17.2 Å². The Hall–Kier alpha value is -3.13. The lowest BCUT2D eigenvalue weighted by Crippen LogP contribution is -2.35. The van der Waals surface area contributed by atoms with Gasteiger partial charge in [-0.3, -0.25) is 19.1 Å². The molecule has 7 nitrogen and oxygen atoms in total. The number of H-pyrrole nitrogens is 1. The van der Waals surface area contributed by atoms with Crippen LogP contribution in [-0.4, -0.2) is 15.5 Å². The molecule has 0 aliphatic heterocycles. The van der Waals surface area contributed by atoms with E-state index in [0.29, 0.717) is 13.2 Å². The number of aromatic amines is 1. The Balaban J connectivity index is 1.49. The molecule has 2 N–H and O–H groups in total. The zero-order valence-electron chi connectivity index (χ0n) is 13.8. The fraction of sp³-hybridized carbons (Fsp3) is 0.167. The minimum absolute atomic E-state index is 0.148. The second-order valence-corrected chi connectivity index (χ2v) is 6.53. The van der Waals surface area contributed by atoms with Crippen molar-refractivity contribution in [2.45, 2.75) is 19.7 Å². The first-order chi connectivity index (χ1) is 12.6. The lowest BCUT2D eigenvalue weighted by Gasteiger charge is -2.05. The molecule has 0 saturated heterocycles. The van der Waals surface area contributed by atoms with Gasteiger partial charge in [-0.05, 0) is 23.6 Å². The van der Waals surface area contributed by atoms with Crippen LogP contribution in [0.5, 0.6) is 5.75 Å². The summed E-state index contributed by atoms with van der Waals surface area (Å²) in [7, 11) is 0. The standard InChI is InChI=1S/C18H17N3O4S/c22-16-6-7-21(18(24)20-16)10-17(23)19-9-15-8-13(12-26-15)11-25-14-4-2-1-3-5-14/h1-8,12H,9-11H2,(H,19,23)(H,20,22,24). The Morgan fingerprint density at radius 1 is 1.19 bits per heavy atom. The molecule has 1 amide bonds. The van der Waals surface area contributed by atoms with Crippen LogP contribution in [0.3, 0.4) is 0 Å². The van der Waals surface area contributed by atoms with Crippen molar-refractivity contribution < 1.29 is 9.53 Å². The van der Waals surface area contributed by atoms with Crippen molar-refractivity contribution in [1.82, 2.24) is 14.9 Å². The van der Waals surface area contributed by atoms with Gasteiger partial charge < -0.3 is 10.1 Å². The molecule has 1 aromatic carbocycles.